The lowest BCUT2D eigenvalue weighted by Crippen LogP contribution is -2.09. The van der Waals surface area contributed by atoms with Crippen LogP contribution in [0.2, 0.25) is 0 Å². The molecule has 0 atom stereocenters. The zero-order valence-corrected chi connectivity index (χ0v) is 11.4. The lowest BCUT2D eigenvalue weighted by atomic mass is 9.93. The van der Waals surface area contributed by atoms with E-state index in [2.05, 4.69) is 38.0 Å². The van der Waals surface area contributed by atoms with Gasteiger partial charge in [-0.25, -0.2) is 4.98 Å². The van der Waals surface area contributed by atoms with Gasteiger partial charge in [0.05, 0.1) is 6.61 Å². The molecule has 0 aromatic carbocycles. The molecule has 1 N–H and O–H groups in total. The van der Waals surface area contributed by atoms with E-state index in [1.54, 1.807) is 0 Å². The van der Waals surface area contributed by atoms with Gasteiger partial charge in [0.2, 0.25) is 0 Å². The summed E-state index contributed by atoms with van der Waals surface area (Å²) in [7, 11) is 0. The lowest BCUT2D eigenvalue weighted by molar-refractivity contribution is 0.0962. The summed E-state index contributed by atoms with van der Waals surface area (Å²) >= 11 is 0. The van der Waals surface area contributed by atoms with E-state index in [0.717, 1.165) is 25.4 Å². The molecular formula is C14H24N2O. The number of nitrogens with one attached hydrogen (secondary N) is 1. The van der Waals surface area contributed by atoms with E-state index in [4.69, 9.17) is 4.74 Å². The standard InChI is InChI=1S/C14H24N2O/c1-5-15-13-10-12(6-8-16-13)11-17-9-7-14(2,3)4/h6,8,10H,5,7,9,11H2,1-4H3,(H,15,16). The van der Waals surface area contributed by atoms with Crippen molar-refractivity contribution in [3.63, 3.8) is 0 Å². The van der Waals surface area contributed by atoms with Crippen LogP contribution in [0, 0.1) is 5.41 Å². The number of hydrogen-bond donors (Lipinski definition) is 1. The molecule has 0 amide bonds. The fourth-order valence-electron chi connectivity index (χ4n) is 1.41. The molecule has 0 aliphatic rings. The highest BCUT2D eigenvalue weighted by Crippen LogP contribution is 2.18. The first-order chi connectivity index (χ1) is 8.01. The zero-order valence-electron chi connectivity index (χ0n) is 11.4. The number of rotatable bonds is 6. The smallest absolute Gasteiger partial charge is 0.126 e. The molecule has 0 aliphatic heterocycles. The van der Waals surface area contributed by atoms with E-state index >= 15 is 0 Å². The maximum Gasteiger partial charge on any atom is 0.126 e. The van der Waals surface area contributed by atoms with Gasteiger partial charge < -0.3 is 10.1 Å². The third-order valence-electron chi connectivity index (χ3n) is 2.45. The van der Waals surface area contributed by atoms with Crippen LogP contribution in [0.3, 0.4) is 0 Å². The van der Waals surface area contributed by atoms with Gasteiger partial charge in [-0.05, 0) is 36.5 Å². The Labute approximate surface area is 105 Å². The van der Waals surface area contributed by atoms with Gasteiger partial charge in [-0.15, -0.1) is 0 Å². The molecule has 0 spiro atoms. The van der Waals surface area contributed by atoms with E-state index < -0.39 is 0 Å². The van der Waals surface area contributed by atoms with Gasteiger partial charge in [-0.1, -0.05) is 20.8 Å². The van der Waals surface area contributed by atoms with Crippen LogP contribution in [0.15, 0.2) is 18.3 Å². The molecule has 0 radical (unpaired) electrons. The minimum atomic E-state index is 0.340. The summed E-state index contributed by atoms with van der Waals surface area (Å²) in [5, 5.41) is 3.20. The first-order valence-corrected chi connectivity index (χ1v) is 6.28. The normalized spacial score (nSPS) is 11.5. The average molecular weight is 236 g/mol. The van der Waals surface area contributed by atoms with Gasteiger partial charge >= 0.3 is 0 Å². The van der Waals surface area contributed by atoms with Crippen LogP contribution in [0.4, 0.5) is 5.82 Å². The number of anilines is 1. The van der Waals surface area contributed by atoms with Crippen molar-refractivity contribution in [2.75, 3.05) is 18.5 Å². The molecule has 1 aromatic rings. The molecule has 17 heavy (non-hydrogen) atoms. The maximum atomic E-state index is 5.67. The quantitative estimate of drug-likeness (QED) is 0.768. The molecule has 3 heteroatoms. The van der Waals surface area contributed by atoms with Crippen molar-refractivity contribution in [1.29, 1.82) is 0 Å². The van der Waals surface area contributed by atoms with E-state index in [1.165, 1.54) is 5.56 Å². The Bertz CT molecular complexity index is 331. The summed E-state index contributed by atoms with van der Waals surface area (Å²) in [5.74, 6) is 0.921. The van der Waals surface area contributed by atoms with E-state index in [0.29, 0.717) is 12.0 Å². The SMILES string of the molecule is CCNc1cc(COCCC(C)(C)C)ccn1. The zero-order chi connectivity index (χ0) is 12.7. The largest absolute Gasteiger partial charge is 0.377 e. The van der Waals surface area contributed by atoms with Crippen LogP contribution in [-0.2, 0) is 11.3 Å². The maximum absolute atomic E-state index is 5.67. The highest BCUT2D eigenvalue weighted by Gasteiger charge is 2.09. The van der Waals surface area contributed by atoms with Crippen molar-refractivity contribution in [3.05, 3.63) is 23.9 Å². The van der Waals surface area contributed by atoms with Crippen molar-refractivity contribution in [1.82, 2.24) is 4.98 Å². The van der Waals surface area contributed by atoms with Crippen molar-refractivity contribution >= 4 is 5.82 Å². The van der Waals surface area contributed by atoms with Crippen molar-refractivity contribution in [2.45, 2.75) is 40.7 Å². The molecule has 1 rings (SSSR count). The molecule has 0 unspecified atom stereocenters. The summed E-state index contributed by atoms with van der Waals surface area (Å²) < 4.78 is 5.67. The topological polar surface area (TPSA) is 34.1 Å². The summed E-state index contributed by atoms with van der Waals surface area (Å²) in [6.07, 6.45) is 2.90. The van der Waals surface area contributed by atoms with Crippen molar-refractivity contribution < 1.29 is 4.74 Å². The first kappa shape index (κ1) is 14.0. The van der Waals surface area contributed by atoms with Crippen molar-refractivity contribution in [3.8, 4) is 0 Å². The summed E-state index contributed by atoms with van der Waals surface area (Å²) in [6, 6.07) is 4.04. The minimum absolute atomic E-state index is 0.340. The Balaban J connectivity index is 2.34. The van der Waals surface area contributed by atoms with Crippen molar-refractivity contribution in [2.24, 2.45) is 5.41 Å². The van der Waals surface area contributed by atoms with Gasteiger partial charge in [-0.2, -0.15) is 0 Å². The Morgan fingerprint density at radius 3 is 2.76 bits per heavy atom. The van der Waals surface area contributed by atoms with Gasteiger partial charge in [0, 0.05) is 19.3 Å². The fraction of sp³-hybridized carbons (Fsp3) is 0.643. The van der Waals surface area contributed by atoms with Gasteiger partial charge in [0.1, 0.15) is 5.82 Å². The molecule has 1 aromatic heterocycles. The minimum Gasteiger partial charge on any atom is -0.377 e. The summed E-state index contributed by atoms with van der Waals surface area (Å²) in [4.78, 5) is 4.23. The van der Waals surface area contributed by atoms with E-state index in [-0.39, 0.29) is 0 Å². The Kier molecular flexibility index (Phi) is 5.42. The van der Waals surface area contributed by atoms with E-state index in [9.17, 15) is 0 Å². The average Bonchev–Trinajstić information content (AvgIpc) is 2.24. The second kappa shape index (κ2) is 6.60. The number of nitrogens with zero attached hydrogens (tertiary/aromatic N) is 1. The molecule has 0 aliphatic carbocycles. The number of pyridine rings is 1. The number of aromatic nitrogens is 1. The van der Waals surface area contributed by atoms with Crippen LogP contribution < -0.4 is 5.32 Å². The molecule has 0 fully saturated rings. The second-order valence-corrected chi connectivity index (χ2v) is 5.44. The first-order valence-electron chi connectivity index (χ1n) is 6.28. The number of hydrogen-bond acceptors (Lipinski definition) is 3. The number of ether oxygens (including phenoxy) is 1. The molecule has 3 nitrogen and oxygen atoms in total. The highest BCUT2D eigenvalue weighted by atomic mass is 16.5. The third-order valence-corrected chi connectivity index (χ3v) is 2.45. The lowest BCUT2D eigenvalue weighted by Gasteiger charge is -2.17. The molecule has 0 saturated heterocycles. The molecule has 96 valence electrons. The predicted octanol–water partition coefficient (Wildman–Crippen LogP) is 3.47. The molecule has 1 heterocycles. The monoisotopic (exact) mass is 236 g/mol. The van der Waals surface area contributed by atoms with Crippen LogP contribution >= 0.6 is 0 Å². The Morgan fingerprint density at radius 2 is 2.12 bits per heavy atom. The van der Waals surface area contributed by atoms with Crippen LogP contribution in [0.5, 0.6) is 0 Å². The van der Waals surface area contributed by atoms with Crippen LogP contribution in [0.25, 0.3) is 0 Å². The molecular weight excluding hydrogens is 212 g/mol. The Morgan fingerprint density at radius 1 is 1.35 bits per heavy atom. The third kappa shape index (κ3) is 6.27. The van der Waals surface area contributed by atoms with Gasteiger partial charge in [0.25, 0.3) is 0 Å². The Hall–Kier alpha value is -1.09. The highest BCUT2D eigenvalue weighted by molar-refractivity contribution is 5.36. The summed E-state index contributed by atoms with van der Waals surface area (Å²) in [5.41, 5.74) is 1.51. The predicted molar refractivity (Wildman–Crippen MR) is 72.1 cm³/mol. The van der Waals surface area contributed by atoms with Gasteiger partial charge in [0.15, 0.2) is 0 Å². The second-order valence-electron chi connectivity index (χ2n) is 5.44. The van der Waals surface area contributed by atoms with E-state index in [1.807, 2.05) is 18.3 Å². The molecule has 0 saturated carbocycles. The molecule has 0 bridgehead atoms. The van der Waals surface area contributed by atoms with Gasteiger partial charge in [-0.3, -0.25) is 0 Å². The summed E-state index contributed by atoms with van der Waals surface area (Å²) in [6.45, 7) is 11.1. The van der Waals surface area contributed by atoms with Crippen LogP contribution in [-0.4, -0.2) is 18.1 Å². The fourth-order valence-corrected chi connectivity index (χ4v) is 1.41. The van der Waals surface area contributed by atoms with Crippen LogP contribution in [0.1, 0.15) is 39.7 Å².